The maximum atomic E-state index is 13.1. The minimum atomic E-state index is -1.18. The van der Waals surface area contributed by atoms with Crippen LogP contribution in [0.5, 0.6) is 0 Å². The van der Waals surface area contributed by atoms with Crippen molar-refractivity contribution in [2.45, 2.75) is 25.9 Å². The molecule has 1 atom stereocenters. The molecule has 0 radical (unpaired) electrons. The first-order valence-electron chi connectivity index (χ1n) is 9.50. The molecule has 0 saturated carbocycles. The summed E-state index contributed by atoms with van der Waals surface area (Å²) in [5.41, 5.74) is 0.673. The van der Waals surface area contributed by atoms with Crippen LogP contribution in [0.1, 0.15) is 25.1 Å². The summed E-state index contributed by atoms with van der Waals surface area (Å²) in [5.74, 6) is -0.557. The monoisotopic (exact) mass is 454 g/mol. The van der Waals surface area contributed by atoms with E-state index in [1.54, 1.807) is 36.6 Å². The Balaban J connectivity index is 1.57. The van der Waals surface area contributed by atoms with Crippen LogP contribution in [0.15, 0.2) is 60.0 Å². The van der Waals surface area contributed by atoms with Crippen molar-refractivity contribution < 1.29 is 14.4 Å². The molecule has 7 nitrogen and oxygen atoms in total. The lowest BCUT2D eigenvalue weighted by atomic mass is 9.92. The first kappa shape index (κ1) is 21.0. The van der Waals surface area contributed by atoms with Crippen molar-refractivity contribution in [2.75, 3.05) is 4.90 Å². The number of thiazole rings is 1. The van der Waals surface area contributed by atoms with Crippen molar-refractivity contribution in [1.29, 1.82) is 0 Å². The number of nitrogens with one attached hydrogen (secondary N) is 1. The molecule has 0 bridgehead atoms. The highest BCUT2D eigenvalue weighted by Crippen LogP contribution is 2.32. The zero-order valence-corrected chi connectivity index (χ0v) is 18.4. The van der Waals surface area contributed by atoms with E-state index in [1.165, 1.54) is 23.2 Å². The summed E-state index contributed by atoms with van der Waals surface area (Å²) in [6, 6.07) is 15.5. The number of carbonyl (C=O) groups excluding carboxylic acids is 3. The number of halogens is 1. The number of hydrogen-bond acceptors (Lipinski definition) is 5. The Kier molecular flexibility index (Phi) is 5.51. The SMILES string of the molecule is CC(=O)N(c1ccccc1)c1nc(CN2C(=O)NC(C)(c3ccc(Cl)cc3)C2=O)cs1. The van der Waals surface area contributed by atoms with Gasteiger partial charge in [-0.2, -0.15) is 0 Å². The van der Waals surface area contributed by atoms with E-state index in [4.69, 9.17) is 11.6 Å². The van der Waals surface area contributed by atoms with Crippen molar-refractivity contribution in [2.24, 2.45) is 0 Å². The first-order valence-corrected chi connectivity index (χ1v) is 10.8. The molecule has 3 aromatic rings. The molecule has 1 aliphatic rings. The van der Waals surface area contributed by atoms with Crippen LogP contribution in [0.25, 0.3) is 0 Å². The molecular weight excluding hydrogens is 436 g/mol. The molecule has 2 aromatic carbocycles. The average Bonchev–Trinajstić information content (AvgIpc) is 3.28. The normalized spacial score (nSPS) is 18.2. The van der Waals surface area contributed by atoms with Crippen molar-refractivity contribution in [3.63, 3.8) is 0 Å². The molecular formula is C22H19ClN4O3S. The number of amides is 4. The van der Waals surface area contributed by atoms with Crippen LogP contribution in [0.3, 0.4) is 0 Å². The van der Waals surface area contributed by atoms with Gasteiger partial charge < -0.3 is 5.32 Å². The van der Waals surface area contributed by atoms with Gasteiger partial charge in [-0.1, -0.05) is 41.9 Å². The predicted molar refractivity (Wildman–Crippen MR) is 119 cm³/mol. The van der Waals surface area contributed by atoms with Crippen molar-refractivity contribution in [1.82, 2.24) is 15.2 Å². The molecule has 4 rings (SSSR count). The second kappa shape index (κ2) is 8.13. The Bertz CT molecular complexity index is 1150. The Morgan fingerprint density at radius 2 is 1.84 bits per heavy atom. The summed E-state index contributed by atoms with van der Waals surface area (Å²) < 4.78 is 0. The molecule has 2 heterocycles. The van der Waals surface area contributed by atoms with Gasteiger partial charge in [0.1, 0.15) is 5.54 Å². The van der Waals surface area contributed by atoms with E-state index in [-0.39, 0.29) is 18.4 Å². The molecule has 1 aliphatic heterocycles. The van der Waals surface area contributed by atoms with Crippen LogP contribution in [0.2, 0.25) is 5.02 Å². The standard InChI is InChI=1S/C22H19ClN4O3S/c1-14(28)27(18-6-4-3-5-7-18)21-24-17(13-31-21)12-26-19(29)22(2,25-20(26)30)15-8-10-16(23)11-9-15/h3-11,13H,12H2,1-2H3,(H,25,30). The molecule has 31 heavy (non-hydrogen) atoms. The van der Waals surface area contributed by atoms with Gasteiger partial charge in [-0.15, -0.1) is 11.3 Å². The number of nitrogens with zero attached hydrogens (tertiary/aromatic N) is 3. The summed E-state index contributed by atoms with van der Waals surface area (Å²) in [6.07, 6.45) is 0. The van der Waals surface area contributed by atoms with E-state index in [0.717, 1.165) is 4.90 Å². The number of anilines is 2. The van der Waals surface area contributed by atoms with Gasteiger partial charge in [0.15, 0.2) is 5.13 Å². The van der Waals surface area contributed by atoms with E-state index in [9.17, 15) is 14.4 Å². The number of benzene rings is 2. The molecule has 9 heteroatoms. The third-order valence-electron chi connectivity index (χ3n) is 5.08. The summed E-state index contributed by atoms with van der Waals surface area (Å²) in [6.45, 7) is 3.13. The summed E-state index contributed by atoms with van der Waals surface area (Å²) in [4.78, 5) is 45.1. The largest absolute Gasteiger partial charge is 0.325 e. The molecule has 0 spiro atoms. The van der Waals surface area contributed by atoms with Crippen LogP contribution in [-0.4, -0.2) is 27.7 Å². The number of imide groups is 1. The molecule has 0 aliphatic carbocycles. The van der Waals surface area contributed by atoms with Crippen LogP contribution < -0.4 is 10.2 Å². The highest BCUT2D eigenvalue weighted by molar-refractivity contribution is 7.14. The average molecular weight is 455 g/mol. The number of para-hydroxylation sites is 1. The van der Waals surface area contributed by atoms with Crippen molar-refractivity contribution in [3.8, 4) is 0 Å². The molecule has 1 saturated heterocycles. The van der Waals surface area contributed by atoms with E-state index in [0.29, 0.717) is 27.1 Å². The van der Waals surface area contributed by atoms with E-state index in [1.807, 2.05) is 30.3 Å². The molecule has 1 N–H and O–H groups in total. The van der Waals surface area contributed by atoms with E-state index >= 15 is 0 Å². The number of hydrogen-bond donors (Lipinski definition) is 1. The molecule has 1 fully saturated rings. The summed E-state index contributed by atoms with van der Waals surface area (Å²) in [7, 11) is 0. The van der Waals surface area contributed by atoms with Crippen molar-refractivity contribution in [3.05, 3.63) is 76.3 Å². The third kappa shape index (κ3) is 3.92. The fraction of sp³-hybridized carbons (Fsp3) is 0.182. The summed E-state index contributed by atoms with van der Waals surface area (Å²) in [5, 5.41) is 5.53. The van der Waals surface area contributed by atoms with Gasteiger partial charge in [0.05, 0.1) is 17.9 Å². The maximum absolute atomic E-state index is 13.1. The van der Waals surface area contributed by atoms with Gasteiger partial charge in [-0.05, 0) is 36.8 Å². The zero-order valence-electron chi connectivity index (χ0n) is 16.8. The quantitative estimate of drug-likeness (QED) is 0.577. The van der Waals surface area contributed by atoms with Gasteiger partial charge in [-0.3, -0.25) is 19.4 Å². The Morgan fingerprint density at radius 3 is 2.48 bits per heavy atom. The van der Waals surface area contributed by atoms with Crippen LogP contribution in [0, 0.1) is 0 Å². The van der Waals surface area contributed by atoms with Crippen LogP contribution >= 0.6 is 22.9 Å². The van der Waals surface area contributed by atoms with Crippen LogP contribution in [0.4, 0.5) is 15.6 Å². The number of rotatable bonds is 5. The fourth-order valence-electron chi connectivity index (χ4n) is 3.46. The van der Waals surface area contributed by atoms with Gasteiger partial charge in [0, 0.05) is 17.3 Å². The summed E-state index contributed by atoms with van der Waals surface area (Å²) >= 11 is 7.22. The molecule has 1 aromatic heterocycles. The maximum Gasteiger partial charge on any atom is 0.325 e. The first-order chi connectivity index (χ1) is 14.8. The second-order valence-corrected chi connectivity index (χ2v) is 8.54. The number of urea groups is 1. The highest BCUT2D eigenvalue weighted by Gasteiger charge is 2.49. The van der Waals surface area contributed by atoms with Gasteiger partial charge in [0.2, 0.25) is 5.91 Å². The van der Waals surface area contributed by atoms with E-state index < -0.39 is 11.6 Å². The highest BCUT2D eigenvalue weighted by atomic mass is 35.5. The minimum Gasteiger partial charge on any atom is -0.319 e. The van der Waals surface area contributed by atoms with Crippen molar-refractivity contribution >= 4 is 51.6 Å². The molecule has 4 amide bonds. The zero-order chi connectivity index (χ0) is 22.2. The Morgan fingerprint density at radius 1 is 1.16 bits per heavy atom. The lowest BCUT2D eigenvalue weighted by Gasteiger charge is -2.22. The van der Waals surface area contributed by atoms with Gasteiger partial charge in [0.25, 0.3) is 5.91 Å². The Labute approximate surface area is 188 Å². The fourth-order valence-corrected chi connectivity index (χ4v) is 4.46. The smallest absolute Gasteiger partial charge is 0.319 e. The topological polar surface area (TPSA) is 82.6 Å². The van der Waals surface area contributed by atoms with Gasteiger partial charge >= 0.3 is 6.03 Å². The number of carbonyl (C=O) groups is 3. The third-order valence-corrected chi connectivity index (χ3v) is 6.20. The molecule has 1 unspecified atom stereocenters. The number of aromatic nitrogens is 1. The minimum absolute atomic E-state index is 0.00484. The lowest BCUT2D eigenvalue weighted by molar-refractivity contribution is -0.131. The molecule has 158 valence electrons. The van der Waals surface area contributed by atoms with Crippen LogP contribution in [-0.2, 0) is 21.7 Å². The lowest BCUT2D eigenvalue weighted by Crippen LogP contribution is -2.40. The second-order valence-electron chi connectivity index (χ2n) is 7.26. The van der Waals surface area contributed by atoms with Gasteiger partial charge in [-0.25, -0.2) is 9.78 Å². The Hall–Kier alpha value is -3.23. The van der Waals surface area contributed by atoms with E-state index in [2.05, 4.69) is 10.3 Å². The predicted octanol–water partition coefficient (Wildman–Crippen LogP) is 4.45.